The highest BCUT2D eigenvalue weighted by atomic mass is 16.5. The van der Waals surface area contributed by atoms with Crippen LogP contribution < -0.4 is 10.1 Å². The number of ether oxygens (including phenoxy) is 1. The lowest BCUT2D eigenvalue weighted by Gasteiger charge is -2.19. The van der Waals surface area contributed by atoms with Crippen molar-refractivity contribution in [2.75, 3.05) is 5.32 Å². The minimum absolute atomic E-state index is 0.155. The van der Waals surface area contributed by atoms with Crippen LogP contribution in [0.15, 0.2) is 30.7 Å². The normalized spacial score (nSPS) is 14.6. The standard InChI is InChI=1S/C12H15NO/c1-8-13-10-6-5-9(12(2,3)4)7-11(10)14-8/h5-7,13H,1H2,2-4H3. The van der Waals surface area contributed by atoms with Crippen molar-refractivity contribution in [3.63, 3.8) is 0 Å². The van der Waals surface area contributed by atoms with Crippen molar-refractivity contribution >= 4 is 5.69 Å². The molecule has 1 aliphatic rings. The molecule has 2 rings (SSSR count). The first-order valence-corrected chi connectivity index (χ1v) is 4.75. The highest BCUT2D eigenvalue weighted by Gasteiger charge is 2.19. The molecular formula is C12H15NO. The summed E-state index contributed by atoms with van der Waals surface area (Å²) >= 11 is 0. The van der Waals surface area contributed by atoms with Crippen molar-refractivity contribution in [1.29, 1.82) is 0 Å². The van der Waals surface area contributed by atoms with Crippen LogP contribution in [-0.4, -0.2) is 0 Å². The van der Waals surface area contributed by atoms with Gasteiger partial charge in [-0.1, -0.05) is 26.8 Å². The van der Waals surface area contributed by atoms with E-state index < -0.39 is 0 Å². The Kier molecular flexibility index (Phi) is 1.81. The maximum Gasteiger partial charge on any atom is 0.190 e. The summed E-state index contributed by atoms with van der Waals surface area (Å²) in [5.74, 6) is 1.48. The fraction of sp³-hybridized carbons (Fsp3) is 0.333. The number of benzene rings is 1. The van der Waals surface area contributed by atoms with E-state index in [0.717, 1.165) is 11.4 Å². The molecule has 1 aromatic carbocycles. The Morgan fingerprint density at radius 2 is 2.00 bits per heavy atom. The summed E-state index contributed by atoms with van der Waals surface area (Å²) in [5.41, 5.74) is 2.43. The van der Waals surface area contributed by atoms with Gasteiger partial charge in [0.15, 0.2) is 11.6 Å². The van der Waals surface area contributed by atoms with Crippen LogP contribution in [-0.2, 0) is 5.41 Å². The Bertz CT molecular complexity index is 388. The van der Waals surface area contributed by atoms with Crippen LogP contribution in [0.1, 0.15) is 26.3 Å². The first-order chi connectivity index (χ1) is 6.47. The minimum Gasteiger partial charge on any atom is -0.440 e. The van der Waals surface area contributed by atoms with Gasteiger partial charge in [0.1, 0.15) is 0 Å². The van der Waals surface area contributed by atoms with E-state index in [2.05, 4.69) is 44.8 Å². The Labute approximate surface area is 84.6 Å². The monoisotopic (exact) mass is 189 g/mol. The van der Waals surface area contributed by atoms with E-state index >= 15 is 0 Å². The Balaban J connectivity index is 2.43. The third kappa shape index (κ3) is 1.48. The molecule has 1 aromatic rings. The SMILES string of the molecule is C=C1Nc2ccc(C(C)(C)C)cc2O1. The van der Waals surface area contributed by atoms with Crippen LogP contribution in [0.5, 0.6) is 5.75 Å². The van der Waals surface area contributed by atoms with Gasteiger partial charge in [-0.15, -0.1) is 0 Å². The van der Waals surface area contributed by atoms with Crippen molar-refractivity contribution in [3.8, 4) is 5.75 Å². The van der Waals surface area contributed by atoms with E-state index in [1.54, 1.807) is 0 Å². The predicted molar refractivity (Wildman–Crippen MR) is 58.5 cm³/mol. The summed E-state index contributed by atoms with van der Waals surface area (Å²) in [6.45, 7) is 10.3. The van der Waals surface area contributed by atoms with Gasteiger partial charge < -0.3 is 10.1 Å². The average molecular weight is 189 g/mol. The Hall–Kier alpha value is -1.44. The summed E-state index contributed by atoms with van der Waals surface area (Å²) < 4.78 is 5.44. The Morgan fingerprint density at radius 1 is 1.29 bits per heavy atom. The van der Waals surface area contributed by atoms with Gasteiger partial charge in [0.05, 0.1) is 5.69 Å². The minimum atomic E-state index is 0.155. The molecule has 14 heavy (non-hydrogen) atoms. The molecule has 0 spiro atoms. The second kappa shape index (κ2) is 2.77. The highest BCUT2D eigenvalue weighted by Crippen LogP contribution is 2.36. The topological polar surface area (TPSA) is 21.3 Å². The molecule has 0 atom stereocenters. The molecule has 0 aromatic heterocycles. The average Bonchev–Trinajstić information content (AvgIpc) is 2.41. The van der Waals surface area contributed by atoms with Crippen LogP contribution in [0.2, 0.25) is 0 Å². The van der Waals surface area contributed by atoms with Crippen molar-refractivity contribution in [2.24, 2.45) is 0 Å². The lowest BCUT2D eigenvalue weighted by atomic mass is 9.87. The van der Waals surface area contributed by atoms with E-state index in [0.29, 0.717) is 5.88 Å². The lowest BCUT2D eigenvalue weighted by molar-refractivity contribution is 0.457. The van der Waals surface area contributed by atoms with Gasteiger partial charge >= 0.3 is 0 Å². The molecule has 0 unspecified atom stereocenters. The Morgan fingerprint density at radius 3 is 2.64 bits per heavy atom. The van der Waals surface area contributed by atoms with Gasteiger partial charge in [0.2, 0.25) is 0 Å². The van der Waals surface area contributed by atoms with Crippen LogP contribution in [0, 0.1) is 0 Å². The molecule has 0 saturated carbocycles. The first-order valence-electron chi connectivity index (χ1n) is 4.75. The summed E-state index contributed by atoms with van der Waals surface area (Å²) in [4.78, 5) is 0. The van der Waals surface area contributed by atoms with E-state index in [4.69, 9.17) is 4.74 Å². The molecule has 0 saturated heterocycles. The van der Waals surface area contributed by atoms with Crippen molar-refractivity contribution in [2.45, 2.75) is 26.2 Å². The molecule has 0 fully saturated rings. The molecule has 74 valence electrons. The van der Waals surface area contributed by atoms with Crippen molar-refractivity contribution in [3.05, 3.63) is 36.2 Å². The third-order valence-electron chi connectivity index (χ3n) is 2.35. The number of fused-ring (bicyclic) bond motifs is 1. The first kappa shape index (κ1) is 9.13. The van der Waals surface area contributed by atoms with E-state index in [-0.39, 0.29) is 5.41 Å². The van der Waals surface area contributed by atoms with Crippen molar-refractivity contribution in [1.82, 2.24) is 0 Å². The maximum atomic E-state index is 5.44. The molecule has 0 bridgehead atoms. The fourth-order valence-electron chi connectivity index (χ4n) is 1.49. The fourth-order valence-corrected chi connectivity index (χ4v) is 1.49. The molecule has 1 N–H and O–H groups in total. The smallest absolute Gasteiger partial charge is 0.190 e. The van der Waals surface area contributed by atoms with Gasteiger partial charge in [0.25, 0.3) is 0 Å². The molecule has 0 amide bonds. The van der Waals surface area contributed by atoms with E-state index in [9.17, 15) is 0 Å². The molecular weight excluding hydrogens is 174 g/mol. The second-order valence-electron chi connectivity index (χ2n) is 4.61. The third-order valence-corrected chi connectivity index (χ3v) is 2.35. The summed E-state index contributed by atoms with van der Waals surface area (Å²) in [6.07, 6.45) is 0. The number of anilines is 1. The zero-order valence-corrected chi connectivity index (χ0v) is 8.85. The number of hydrogen-bond donors (Lipinski definition) is 1. The predicted octanol–water partition coefficient (Wildman–Crippen LogP) is 3.26. The molecule has 1 heterocycles. The highest BCUT2D eigenvalue weighted by molar-refractivity contribution is 5.64. The largest absolute Gasteiger partial charge is 0.440 e. The van der Waals surface area contributed by atoms with Crippen LogP contribution in [0.4, 0.5) is 5.69 Å². The second-order valence-corrected chi connectivity index (χ2v) is 4.61. The van der Waals surface area contributed by atoms with E-state index in [1.165, 1.54) is 5.56 Å². The maximum absolute atomic E-state index is 5.44. The van der Waals surface area contributed by atoms with Crippen LogP contribution in [0.3, 0.4) is 0 Å². The molecule has 1 aliphatic heterocycles. The quantitative estimate of drug-likeness (QED) is 0.676. The van der Waals surface area contributed by atoms with Crippen molar-refractivity contribution < 1.29 is 4.74 Å². The van der Waals surface area contributed by atoms with Crippen LogP contribution in [0.25, 0.3) is 0 Å². The molecule has 2 nitrogen and oxygen atoms in total. The van der Waals surface area contributed by atoms with Gasteiger partial charge in [-0.05, 0) is 29.7 Å². The number of rotatable bonds is 0. The number of hydrogen-bond acceptors (Lipinski definition) is 2. The van der Waals surface area contributed by atoms with Gasteiger partial charge in [-0.25, -0.2) is 0 Å². The van der Waals surface area contributed by atoms with E-state index in [1.807, 2.05) is 6.07 Å². The molecule has 0 aliphatic carbocycles. The van der Waals surface area contributed by atoms with Gasteiger partial charge in [-0.3, -0.25) is 0 Å². The van der Waals surface area contributed by atoms with Crippen LogP contribution >= 0.6 is 0 Å². The zero-order chi connectivity index (χ0) is 10.3. The molecule has 2 heteroatoms. The summed E-state index contributed by atoms with van der Waals surface area (Å²) in [5, 5.41) is 3.06. The zero-order valence-electron chi connectivity index (χ0n) is 8.85. The number of nitrogens with one attached hydrogen (secondary N) is 1. The van der Waals surface area contributed by atoms with Gasteiger partial charge in [0, 0.05) is 0 Å². The molecule has 0 radical (unpaired) electrons. The van der Waals surface area contributed by atoms with Gasteiger partial charge in [-0.2, -0.15) is 0 Å². The lowest BCUT2D eigenvalue weighted by Crippen LogP contribution is -2.10. The summed E-state index contributed by atoms with van der Waals surface area (Å²) in [7, 11) is 0. The summed E-state index contributed by atoms with van der Waals surface area (Å²) in [6, 6.07) is 6.22.